The zero-order chi connectivity index (χ0) is 2.00. The summed E-state index contributed by atoms with van der Waals surface area (Å²) >= 11 is 0.611. The molecule has 0 rings (SSSR count). The minimum Gasteiger partial charge on any atom is 0 e. The molecule has 0 fully saturated rings. The summed E-state index contributed by atoms with van der Waals surface area (Å²) in [5.74, 6) is 0. The van der Waals surface area contributed by atoms with Gasteiger partial charge in [-0.25, -0.2) is 0 Å². The van der Waals surface area contributed by atoms with Crippen LogP contribution in [0.5, 0.6) is 0 Å². The van der Waals surface area contributed by atoms with Gasteiger partial charge in [-0.15, -0.1) is 0 Å². The average Bonchev–Trinajstić information content (AvgIpc) is 1.00. The predicted molar refractivity (Wildman–Crippen MR) is 15.8 cm³/mol. The summed E-state index contributed by atoms with van der Waals surface area (Å²) in [6.07, 6.45) is 0. The fourth-order valence-electron chi connectivity index (χ4n) is 0. The normalized spacial score (nSPS) is 0.750. The van der Waals surface area contributed by atoms with Crippen LogP contribution in [-0.2, 0) is 25.5 Å². The Labute approximate surface area is 67.2 Å². The Morgan fingerprint density at radius 1 is 1.50 bits per heavy atom. The summed E-state index contributed by atoms with van der Waals surface area (Å²) < 4.78 is 8.28. The fraction of sp³-hybridized carbons (Fsp3) is 0. The molecule has 0 aliphatic rings. The monoisotopic (exact) mass is 118 g/mol. The Morgan fingerprint density at radius 3 is 1.50 bits per heavy atom. The molecule has 0 aromatic carbocycles. The molecule has 0 radical (unpaired) electrons. The molecule has 4 heteroatoms. The van der Waals surface area contributed by atoms with Crippen LogP contribution in [0.25, 0.3) is 0 Å². The Kier molecular flexibility index (Phi) is 90.6. The van der Waals surface area contributed by atoms with Gasteiger partial charge in [-0.1, -0.05) is 0 Å². The first kappa shape index (κ1) is 17.0. The number of hydrogen-bond donors (Lipinski definition) is 0. The molecule has 0 unspecified atom stereocenters. The Morgan fingerprint density at radius 2 is 1.50 bits per heavy atom. The van der Waals surface area contributed by atoms with Crippen molar-refractivity contribution < 1.29 is 28.4 Å². The van der Waals surface area contributed by atoms with Crippen molar-refractivity contribution in [3.05, 3.63) is 0 Å². The van der Waals surface area contributed by atoms with E-state index in [0.717, 1.165) is 0 Å². The first-order valence-electron chi connectivity index (χ1n) is 0.289. The van der Waals surface area contributed by atoms with Crippen LogP contribution in [0.1, 0.15) is 2.85 Å². The summed E-state index contributed by atoms with van der Waals surface area (Å²) in [7, 11) is 0. The van der Waals surface area contributed by atoms with Gasteiger partial charge in [0.25, 0.3) is 0 Å². The molecule has 0 amide bonds. The van der Waals surface area contributed by atoms with Gasteiger partial charge in [0.05, 0.1) is 0 Å². The van der Waals surface area contributed by atoms with E-state index in [1.165, 1.54) is 0 Å². The summed E-state index contributed by atoms with van der Waals surface area (Å²) in [4.78, 5) is 0. The molecule has 18 valence electrons. The van der Waals surface area contributed by atoms with Crippen LogP contribution in [0.4, 0.5) is 0 Å². The van der Waals surface area contributed by atoms with E-state index in [9.17, 15) is 0 Å². The summed E-state index contributed by atoms with van der Waals surface area (Å²) in [6, 6.07) is 0. The molecule has 0 atom stereocenters. The van der Waals surface area contributed by atoms with E-state index in [-0.39, 0.29) is 47.6 Å². The Balaban J connectivity index is -0.000000000833. The molecule has 0 spiro atoms. The number of hydrogen-bond acceptors (Lipinski definition) is 1. The molecule has 4 heavy (non-hydrogen) atoms. The van der Waals surface area contributed by atoms with Crippen molar-refractivity contribution in [1.82, 2.24) is 0 Å². The van der Waals surface area contributed by atoms with E-state index in [1.54, 1.807) is 0 Å². The van der Waals surface area contributed by atoms with E-state index in [0.29, 0.717) is 16.2 Å². The third-order valence-electron chi connectivity index (χ3n) is 0. The minimum atomic E-state index is 0. The van der Waals surface area contributed by atoms with Crippen molar-refractivity contribution >= 4 is 39.3 Å². The van der Waals surface area contributed by atoms with Gasteiger partial charge < -0.3 is 2.85 Å². The van der Waals surface area contributed by atoms with Gasteiger partial charge in [-0.3, -0.25) is 0 Å². The molecule has 0 aromatic heterocycles. The summed E-state index contributed by atoms with van der Waals surface area (Å²) in [5, 5.41) is 0. The van der Waals surface area contributed by atoms with Gasteiger partial charge in [0, 0.05) is 21.7 Å². The quantitative estimate of drug-likeness (QED) is 0.376. The Hall–Kier alpha value is 1.81. The molecule has 0 saturated heterocycles. The standard InChI is InChI=1S/Al.Mg.O.Ti.3H/q;+2;;;;2*-1. The maximum absolute atomic E-state index is 8.28. The molecular weight excluding hydrogens is 115 g/mol. The molecule has 0 bridgehead atoms. The second-order valence-electron chi connectivity index (χ2n) is 0. The van der Waals surface area contributed by atoms with E-state index >= 15 is 0 Å². The van der Waals surface area contributed by atoms with Crippen molar-refractivity contribution in [2.24, 2.45) is 0 Å². The van der Waals surface area contributed by atoms with Gasteiger partial charge in [0.15, 0.2) is 0 Å². The molecule has 0 saturated carbocycles. The van der Waals surface area contributed by atoms with Gasteiger partial charge in [0.1, 0.15) is 0 Å². The molecule has 0 N–H and O–H groups in total. The molecule has 0 aliphatic heterocycles. The van der Waals surface area contributed by atoms with E-state index in [4.69, 9.17) is 3.80 Å². The molecule has 0 heterocycles. The van der Waals surface area contributed by atoms with Crippen molar-refractivity contribution in [3.8, 4) is 0 Å². The molecule has 0 aromatic rings. The first-order valence-corrected chi connectivity index (χ1v) is 0.866. The predicted octanol–water partition coefficient (Wildman–Crippen LogP) is -0.926. The van der Waals surface area contributed by atoms with Crippen LogP contribution >= 0.6 is 0 Å². The molecule has 0 aliphatic carbocycles. The average molecular weight is 118 g/mol. The third kappa shape index (κ3) is 9.18. The largest absolute Gasteiger partial charge is 0 e. The Bertz CT molecular complexity index is 13.5. The maximum atomic E-state index is 8.28. The second kappa shape index (κ2) is 21.3. The molecular formula is H3AlMgOTi. The van der Waals surface area contributed by atoms with Crippen LogP contribution in [-0.4, -0.2) is 39.3 Å². The van der Waals surface area contributed by atoms with Crippen LogP contribution in [0.2, 0.25) is 0 Å². The third-order valence-corrected chi connectivity index (χ3v) is 0. The van der Waals surface area contributed by atoms with Gasteiger partial charge in [-0.2, -0.15) is 0 Å². The van der Waals surface area contributed by atoms with E-state index in [1.807, 2.05) is 0 Å². The van der Waals surface area contributed by atoms with Gasteiger partial charge in [0.2, 0.25) is 0 Å². The van der Waals surface area contributed by atoms with E-state index in [2.05, 4.69) is 0 Å². The first-order chi connectivity index (χ1) is 1.00. The van der Waals surface area contributed by atoms with Crippen molar-refractivity contribution in [3.63, 3.8) is 0 Å². The van der Waals surface area contributed by atoms with Crippen LogP contribution in [0.15, 0.2) is 0 Å². The fourth-order valence-corrected chi connectivity index (χ4v) is 0. The molecule has 1 nitrogen and oxygen atoms in total. The van der Waals surface area contributed by atoms with Crippen molar-refractivity contribution in [1.29, 1.82) is 0 Å². The van der Waals surface area contributed by atoms with Crippen molar-refractivity contribution in [2.45, 2.75) is 0 Å². The van der Waals surface area contributed by atoms with Crippen molar-refractivity contribution in [2.75, 3.05) is 0 Å². The van der Waals surface area contributed by atoms with Crippen LogP contribution < -0.4 is 0 Å². The summed E-state index contributed by atoms with van der Waals surface area (Å²) in [6.45, 7) is 0. The van der Waals surface area contributed by atoms with Crippen LogP contribution in [0, 0.1) is 0 Å². The van der Waals surface area contributed by atoms with Crippen LogP contribution in [0.3, 0.4) is 0 Å². The minimum absolute atomic E-state index is 0. The van der Waals surface area contributed by atoms with Gasteiger partial charge in [-0.05, 0) is 0 Å². The topological polar surface area (TPSA) is 17.1 Å². The maximum Gasteiger partial charge on any atom is 0 e. The number of rotatable bonds is 0. The zero-order valence-corrected chi connectivity index (χ0v) is 6.71. The van der Waals surface area contributed by atoms with E-state index < -0.39 is 0 Å². The zero-order valence-electron chi connectivity index (χ0n) is 4.32. The van der Waals surface area contributed by atoms with Gasteiger partial charge >= 0.3 is 43.1 Å². The smallest absolute Gasteiger partial charge is 0 e. The summed E-state index contributed by atoms with van der Waals surface area (Å²) in [5.41, 5.74) is 0. The SMILES string of the molecule is [H-].[H-].[Mg+2].[O]=[AlH].[Ti]. The second-order valence-corrected chi connectivity index (χ2v) is 0.